The molecule has 1 rings (SSSR count). The SMILES string of the molecule is CCCNC(=O)[C@H](C)NC(=O)COc1cccc([N+](=O)[O-])c1. The van der Waals surface area contributed by atoms with Crippen molar-refractivity contribution in [2.75, 3.05) is 13.2 Å². The predicted molar refractivity (Wildman–Crippen MR) is 79.5 cm³/mol. The number of ether oxygens (including phenoxy) is 1. The molecule has 0 saturated heterocycles. The smallest absolute Gasteiger partial charge is 0.273 e. The molecule has 1 aromatic rings. The van der Waals surface area contributed by atoms with Crippen LogP contribution in [0.25, 0.3) is 0 Å². The Hall–Kier alpha value is -2.64. The van der Waals surface area contributed by atoms with E-state index in [1.54, 1.807) is 6.92 Å². The van der Waals surface area contributed by atoms with Crippen molar-refractivity contribution in [3.63, 3.8) is 0 Å². The number of hydrogen-bond acceptors (Lipinski definition) is 5. The van der Waals surface area contributed by atoms with Crippen LogP contribution in [0.2, 0.25) is 0 Å². The standard InChI is InChI=1S/C14H19N3O5/c1-3-7-15-14(19)10(2)16-13(18)9-22-12-6-4-5-11(8-12)17(20)21/h4-6,8,10H,3,7,9H2,1-2H3,(H,15,19)(H,16,18)/t10-/m0/s1. The van der Waals surface area contributed by atoms with E-state index in [1.807, 2.05) is 6.92 Å². The molecule has 0 bridgehead atoms. The topological polar surface area (TPSA) is 111 Å². The molecule has 120 valence electrons. The van der Waals surface area contributed by atoms with E-state index in [-0.39, 0.29) is 24.0 Å². The highest BCUT2D eigenvalue weighted by Gasteiger charge is 2.15. The van der Waals surface area contributed by atoms with E-state index in [9.17, 15) is 19.7 Å². The normalized spacial score (nSPS) is 11.4. The monoisotopic (exact) mass is 309 g/mol. The molecule has 1 atom stereocenters. The van der Waals surface area contributed by atoms with Crippen LogP contribution in [0, 0.1) is 10.1 Å². The minimum absolute atomic E-state index is 0.120. The molecule has 8 nitrogen and oxygen atoms in total. The summed E-state index contributed by atoms with van der Waals surface area (Å²) in [6, 6.07) is 4.86. The van der Waals surface area contributed by atoms with Crippen LogP contribution < -0.4 is 15.4 Å². The van der Waals surface area contributed by atoms with Crippen LogP contribution in [0.1, 0.15) is 20.3 Å². The first-order valence-electron chi connectivity index (χ1n) is 6.88. The average molecular weight is 309 g/mol. The predicted octanol–water partition coefficient (Wildman–Crippen LogP) is 1.00. The third-order valence-electron chi connectivity index (χ3n) is 2.72. The molecule has 2 N–H and O–H groups in total. The Morgan fingerprint density at radius 1 is 1.41 bits per heavy atom. The maximum atomic E-state index is 11.7. The van der Waals surface area contributed by atoms with Gasteiger partial charge in [0.25, 0.3) is 11.6 Å². The molecule has 8 heteroatoms. The summed E-state index contributed by atoms with van der Waals surface area (Å²) < 4.78 is 5.17. The van der Waals surface area contributed by atoms with Crippen molar-refractivity contribution in [1.82, 2.24) is 10.6 Å². The van der Waals surface area contributed by atoms with Crippen molar-refractivity contribution in [2.45, 2.75) is 26.3 Å². The zero-order valence-corrected chi connectivity index (χ0v) is 12.5. The van der Waals surface area contributed by atoms with Gasteiger partial charge in [-0.2, -0.15) is 0 Å². The Kier molecular flexibility index (Phi) is 6.81. The number of benzene rings is 1. The molecular weight excluding hydrogens is 290 g/mol. The highest BCUT2D eigenvalue weighted by atomic mass is 16.6. The summed E-state index contributed by atoms with van der Waals surface area (Å²) in [7, 11) is 0. The highest BCUT2D eigenvalue weighted by Crippen LogP contribution is 2.18. The fourth-order valence-corrected chi connectivity index (χ4v) is 1.59. The molecule has 0 radical (unpaired) electrons. The molecule has 0 spiro atoms. The number of nitro benzene ring substituents is 1. The van der Waals surface area contributed by atoms with E-state index in [1.165, 1.54) is 24.3 Å². The Labute approximate surface area is 128 Å². The fraction of sp³-hybridized carbons (Fsp3) is 0.429. The van der Waals surface area contributed by atoms with Gasteiger partial charge in [-0.15, -0.1) is 0 Å². The van der Waals surface area contributed by atoms with Gasteiger partial charge in [-0.3, -0.25) is 19.7 Å². The number of hydrogen-bond donors (Lipinski definition) is 2. The van der Waals surface area contributed by atoms with Gasteiger partial charge in [0.2, 0.25) is 5.91 Å². The van der Waals surface area contributed by atoms with Crippen LogP contribution in [0.5, 0.6) is 5.75 Å². The molecule has 0 aromatic heterocycles. The van der Waals surface area contributed by atoms with Gasteiger partial charge in [0.05, 0.1) is 11.0 Å². The number of carbonyl (C=O) groups is 2. The fourth-order valence-electron chi connectivity index (χ4n) is 1.59. The lowest BCUT2D eigenvalue weighted by Crippen LogP contribution is -2.46. The quantitative estimate of drug-likeness (QED) is 0.550. The van der Waals surface area contributed by atoms with Gasteiger partial charge in [0, 0.05) is 12.6 Å². The van der Waals surface area contributed by atoms with Crippen LogP contribution in [-0.2, 0) is 9.59 Å². The van der Waals surface area contributed by atoms with Crippen molar-refractivity contribution in [3.05, 3.63) is 34.4 Å². The van der Waals surface area contributed by atoms with Gasteiger partial charge in [-0.05, 0) is 19.4 Å². The Morgan fingerprint density at radius 3 is 2.77 bits per heavy atom. The Balaban J connectivity index is 2.44. The molecule has 0 unspecified atom stereocenters. The van der Waals surface area contributed by atoms with Crippen molar-refractivity contribution >= 4 is 17.5 Å². The maximum absolute atomic E-state index is 11.7. The zero-order valence-electron chi connectivity index (χ0n) is 12.5. The Morgan fingerprint density at radius 2 is 2.14 bits per heavy atom. The molecule has 0 aliphatic carbocycles. The third kappa shape index (κ3) is 5.78. The number of carbonyl (C=O) groups excluding carboxylic acids is 2. The summed E-state index contributed by atoms with van der Waals surface area (Å²) >= 11 is 0. The first-order chi connectivity index (χ1) is 10.4. The van der Waals surface area contributed by atoms with Gasteiger partial charge in [0.15, 0.2) is 6.61 Å². The number of non-ortho nitro benzene ring substituents is 1. The lowest BCUT2D eigenvalue weighted by Gasteiger charge is -2.14. The lowest BCUT2D eigenvalue weighted by atomic mass is 10.3. The summed E-state index contributed by atoms with van der Waals surface area (Å²) in [6.07, 6.45) is 0.808. The number of nitrogens with zero attached hydrogens (tertiary/aromatic N) is 1. The largest absolute Gasteiger partial charge is 0.484 e. The van der Waals surface area contributed by atoms with Gasteiger partial charge < -0.3 is 15.4 Å². The number of amides is 2. The minimum atomic E-state index is -0.673. The second-order valence-corrected chi connectivity index (χ2v) is 4.62. The van der Waals surface area contributed by atoms with Gasteiger partial charge in [-0.25, -0.2) is 0 Å². The van der Waals surface area contributed by atoms with Crippen molar-refractivity contribution in [2.24, 2.45) is 0 Å². The highest BCUT2D eigenvalue weighted by molar-refractivity contribution is 5.87. The Bertz CT molecular complexity index is 547. The van der Waals surface area contributed by atoms with E-state index in [0.29, 0.717) is 6.54 Å². The number of nitrogens with one attached hydrogen (secondary N) is 2. The molecule has 0 aliphatic heterocycles. The molecule has 0 heterocycles. The van der Waals surface area contributed by atoms with Crippen LogP contribution >= 0.6 is 0 Å². The van der Waals surface area contributed by atoms with Crippen LogP contribution in [0.4, 0.5) is 5.69 Å². The van der Waals surface area contributed by atoms with E-state index in [0.717, 1.165) is 6.42 Å². The van der Waals surface area contributed by atoms with Gasteiger partial charge >= 0.3 is 0 Å². The second-order valence-electron chi connectivity index (χ2n) is 4.62. The van der Waals surface area contributed by atoms with Crippen molar-refractivity contribution in [1.29, 1.82) is 0 Å². The number of rotatable bonds is 8. The lowest BCUT2D eigenvalue weighted by molar-refractivity contribution is -0.384. The second kappa shape index (κ2) is 8.60. The molecule has 0 aliphatic rings. The van der Waals surface area contributed by atoms with E-state index >= 15 is 0 Å². The van der Waals surface area contributed by atoms with Crippen molar-refractivity contribution in [3.8, 4) is 5.75 Å². The van der Waals surface area contributed by atoms with E-state index in [2.05, 4.69) is 10.6 Å². The summed E-state index contributed by atoms with van der Waals surface area (Å²) in [5.41, 5.74) is -0.120. The maximum Gasteiger partial charge on any atom is 0.273 e. The molecule has 0 saturated carbocycles. The van der Waals surface area contributed by atoms with E-state index < -0.39 is 16.9 Å². The number of nitro groups is 1. The summed E-state index contributed by atoms with van der Waals surface area (Å²) in [6.45, 7) is 3.71. The van der Waals surface area contributed by atoms with Crippen molar-refractivity contribution < 1.29 is 19.2 Å². The molecule has 1 aromatic carbocycles. The van der Waals surface area contributed by atoms with Gasteiger partial charge in [0.1, 0.15) is 11.8 Å². The first kappa shape index (κ1) is 17.4. The van der Waals surface area contributed by atoms with E-state index in [4.69, 9.17) is 4.74 Å². The average Bonchev–Trinajstić information content (AvgIpc) is 2.50. The third-order valence-corrected chi connectivity index (χ3v) is 2.72. The summed E-state index contributed by atoms with van der Waals surface area (Å²) in [5.74, 6) is -0.538. The minimum Gasteiger partial charge on any atom is -0.484 e. The first-order valence-corrected chi connectivity index (χ1v) is 6.88. The zero-order chi connectivity index (χ0) is 16.5. The molecule has 2 amide bonds. The molecule has 0 fully saturated rings. The molecule has 22 heavy (non-hydrogen) atoms. The van der Waals surface area contributed by atoms with Crippen LogP contribution in [0.3, 0.4) is 0 Å². The van der Waals surface area contributed by atoms with Gasteiger partial charge in [-0.1, -0.05) is 13.0 Å². The summed E-state index contributed by atoms with van der Waals surface area (Å²) in [5, 5.41) is 15.8. The molecular formula is C14H19N3O5. The summed E-state index contributed by atoms with van der Waals surface area (Å²) in [4.78, 5) is 33.3. The van der Waals surface area contributed by atoms with Crippen LogP contribution in [0.15, 0.2) is 24.3 Å². The van der Waals surface area contributed by atoms with Crippen LogP contribution in [-0.4, -0.2) is 35.9 Å².